The molecule has 1 aromatic carbocycles. The van der Waals surface area contributed by atoms with E-state index in [9.17, 15) is 0 Å². The van der Waals surface area contributed by atoms with Crippen molar-refractivity contribution < 1.29 is 0 Å². The molecule has 1 nitrogen and oxygen atoms in total. The Labute approximate surface area is 103 Å². The number of hydrogen-bond acceptors (Lipinski definition) is 1. The second-order valence-electron chi connectivity index (χ2n) is 4.80. The average Bonchev–Trinajstić information content (AvgIpc) is 3.04. The molecule has 1 aliphatic carbocycles. The molecule has 1 aliphatic rings. The first kappa shape index (κ1) is 11.9. The van der Waals surface area contributed by atoms with Crippen LogP contribution in [0.5, 0.6) is 0 Å². The molecule has 1 saturated carbocycles. The third kappa shape index (κ3) is 2.99. The van der Waals surface area contributed by atoms with Crippen LogP contribution in [-0.4, -0.2) is 12.6 Å². The highest BCUT2D eigenvalue weighted by Gasteiger charge is 2.30. The molecule has 0 aromatic heterocycles. The van der Waals surface area contributed by atoms with Crippen LogP contribution in [0.1, 0.15) is 30.9 Å². The SMILES string of the molecule is CCNC(Cc1ccc(C)cc1Cl)C1CC1. The molecular formula is C14H20ClN. The Balaban J connectivity index is 2.05. The van der Waals surface area contributed by atoms with Gasteiger partial charge in [0.1, 0.15) is 0 Å². The van der Waals surface area contributed by atoms with Gasteiger partial charge in [-0.05, 0) is 55.8 Å². The van der Waals surface area contributed by atoms with Crippen LogP contribution in [0.25, 0.3) is 0 Å². The lowest BCUT2D eigenvalue weighted by molar-refractivity contribution is 0.472. The summed E-state index contributed by atoms with van der Waals surface area (Å²) in [7, 11) is 0. The molecule has 0 spiro atoms. The molecule has 2 rings (SSSR count). The summed E-state index contributed by atoms with van der Waals surface area (Å²) in [6, 6.07) is 7.00. The highest BCUT2D eigenvalue weighted by Crippen LogP contribution is 2.35. The zero-order valence-corrected chi connectivity index (χ0v) is 10.8. The summed E-state index contributed by atoms with van der Waals surface area (Å²) in [5, 5.41) is 4.50. The summed E-state index contributed by atoms with van der Waals surface area (Å²) in [6.07, 6.45) is 3.82. The fourth-order valence-corrected chi connectivity index (χ4v) is 2.53. The third-order valence-electron chi connectivity index (χ3n) is 3.31. The largest absolute Gasteiger partial charge is 0.314 e. The molecule has 16 heavy (non-hydrogen) atoms. The molecule has 1 N–H and O–H groups in total. The molecule has 0 bridgehead atoms. The van der Waals surface area contributed by atoms with Gasteiger partial charge in [-0.25, -0.2) is 0 Å². The smallest absolute Gasteiger partial charge is 0.0441 e. The molecule has 88 valence electrons. The van der Waals surface area contributed by atoms with Crippen LogP contribution in [0.3, 0.4) is 0 Å². The number of likely N-dealkylation sites (N-methyl/N-ethyl adjacent to an activating group) is 1. The average molecular weight is 238 g/mol. The number of rotatable bonds is 5. The summed E-state index contributed by atoms with van der Waals surface area (Å²) in [6.45, 7) is 5.30. The zero-order valence-electron chi connectivity index (χ0n) is 10.1. The van der Waals surface area contributed by atoms with E-state index in [0.29, 0.717) is 6.04 Å². The Hall–Kier alpha value is -0.530. The minimum Gasteiger partial charge on any atom is -0.314 e. The molecule has 1 atom stereocenters. The van der Waals surface area contributed by atoms with E-state index in [1.807, 2.05) is 0 Å². The van der Waals surface area contributed by atoms with Crippen LogP contribution in [0.2, 0.25) is 5.02 Å². The Morgan fingerprint density at radius 3 is 2.75 bits per heavy atom. The molecule has 0 saturated heterocycles. The van der Waals surface area contributed by atoms with Gasteiger partial charge in [0.2, 0.25) is 0 Å². The van der Waals surface area contributed by atoms with E-state index in [1.165, 1.54) is 24.0 Å². The van der Waals surface area contributed by atoms with E-state index in [1.54, 1.807) is 0 Å². The van der Waals surface area contributed by atoms with Gasteiger partial charge in [-0.3, -0.25) is 0 Å². The van der Waals surface area contributed by atoms with Crippen molar-refractivity contribution in [2.24, 2.45) is 5.92 Å². The molecule has 1 unspecified atom stereocenters. The van der Waals surface area contributed by atoms with Crippen LogP contribution in [0, 0.1) is 12.8 Å². The van der Waals surface area contributed by atoms with Crippen molar-refractivity contribution >= 4 is 11.6 Å². The Morgan fingerprint density at radius 1 is 1.44 bits per heavy atom. The van der Waals surface area contributed by atoms with Crippen molar-refractivity contribution in [1.82, 2.24) is 5.32 Å². The molecule has 0 aliphatic heterocycles. The maximum Gasteiger partial charge on any atom is 0.0441 e. The number of benzene rings is 1. The first-order valence-electron chi connectivity index (χ1n) is 6.19. The number of aryl methyl sites for hydroxylation is 1. The Bertz CT molecular complexity index is 358. The lowest BCUT2D eigenvalue weighted by atomic mass is 10.0. The summed E-state index contributed by atoms with van der Waals surface area (Å²) < 4.78 is 0. The molecule has 1 aromatic rings. The first-order chi connectivity index (χ1) is 7.70. The maximum atomic E-state index is 6.27. The predicted molar refractivity (Wildman–Crippen MR) is 70.1 cm³/mol. The monoisotopic (exact) mass is 237 g/mol. The second-order valence-corrected chi connectivity index (χ2v) is 5.21. The molecule has 0 amide bonds. The standard InChI is InChI=1S/C14H20ClN/c1-3-16-14(11-6-7-11)9-12-5-4-10(2)8-13(12)15/h4-5,8,11,14,16H,3,6-7,9H2,1-2H3. The minimum absolute atomic E-state index is 0.616. The number of hydrogen-bond donors (Lipinski definition) is 1. The van der Waals surface area contributed by atoms with Gasteiger partial charge in [0, 0.05) is 11.1 Å². The van der Waals surface area contributed by atoms with E-state index < -0.39 is 0 Å². The molecule has 2 heteroatoms. The van der Waals surface area contributed by atoms with Crippen molar-refractivity contribution in [3.8, 4) is 0 Å². The summed E-state index contributed by atoms with van der Waals surface area (Å²) in [4.78, 5) is 0. The Morgan fingerprint density at radius 2 is 2.19 bits per heavy atom. The van der Waals surface area contributed by atoms with E-state index in [0.717, 1.165) is 23.9 Å². The maximum absolute atomic E-state index is 6.27. The second kappa shape index (κ2) is 5.20. The van der Waals surface area contributed by atoms with Gasteiger partial charge in [-0.15, -0.1) is 0 Å². The van der Waals surface area contributed by atoms with E-state index in [4.69, 9.17) is 11.6 Å². The van der Waals surface area contributed by atoms with E-state index >= 15 is 0 Å². The van der Waals surface area contributed by atoms with E-state index in [-0.39, 0.29) is 0 Å². The highest BCUT2D eigenvalue weighted by molar-refractivity contribution is 6.31. The zero-order chi connectivity index (χ0) is 11.5. The van der Waals surface area contributed by atoms with Crippen LogP contribution < -0.4 is 5.32 Å². The van der Waals surface area contributed by atoms with Gasteiger partial charge in [-0.1, -0.05) is 30.7 Å². The minimum atomic E-state index is 0.616. The van der Waals surface area contributed by atoms with Gasteiger partial charge >= 0.3 is 0 Å². The first-order valence-corrected chi connectivity index (χ1v) is 6.57. The van der Waals surface area contributed by atoms with Crippen molar-refractivity contribution in [1.29, 1.82) is 0 Å². The van der Waals surface area contributed by atoms with Crippen LogP contribution in [0.4, 0.5) is 0 Å². The fourth-order valence-electron chi connectivity index (χ4n) is 2.22. The van der Waals surface area contributed by atoms with Crippen molar-refractivity contribution in [3.63, 3.8) is 0 Å². The Kier molecular flexibility index (Phi) is 3.88. The topological polar surface area (TPSA) is 12.0 Å². The molecular weight excluding hydrogens is 218 g/mol. The van der Waals surface area contributed by atoms with Crippen LogP contribution in [-0.2, 0) is 6.42 Å². The van der Waals surface area contributed by atoms with Gasteiger partial charge < -0.3 is 5.32 Å². The number of nitrogens with one attached hydrogen (secondary N) is 1. The van der Waals surface area contributed by atoms with Crippen molar-refractivity contribution in [2.75, 3.05) is 6.54 Å². The van der Waals surface area contributed by atoms with Gasteiger partial charge in [-0.2, -0.15) is 0 Å². The summed E-state index contributed by atoms with van der Waals surface area (Å²) in [5.74, 6) is 0.873. The normalized spacial score (nSPS) is 17.4. The summed E-state index contributed by atoms with van der Waals surface area (Å²) >= 11 is 6.27. The van der Waals surface area contributed by atoms with Gasteiger partial charge in [0.15, 0.2) is 0 Å². The number of halogens is 1. The lowest BCUT2D eigenvalue weighted by Crippen LogP contribution is -2.32. The van der Waals surface area contributed by atoms with Crippen LogP contribution in [0.15, 0.2) is 18.2 Å². The molecule has 0 heterocycles. The fraction of sp³-hybridized carbons (Fsp3) is 0.571. The van der Waals surface area contributed by atoms with Crippen molar-refractivity contribution in [3.05, 3.63) is 34.3 Å². The lowest BCUT2D eigenvalue weighted by Gasteiger charge is -2.18. The molecule has 1 fully saturated rings. The quantitative estimate of drug-likeness (QED) is 0.826. The highest BCUT2D eigenvalue weighted by atomic mass is 35.5. The van der Waals surface area contributed by atoms with Gasteiger partial charge in [0.05, 0.1) is 0 Å². The third-order valence-corrected chi connectivity index (χ3v) is 3.66. The van der Waals surface area contributed by atoms with Crippen LogP contribution >= 0.6 is 11.6 Å². The summed E-state index contributed by atoms with van der Waals surface area (Å²) in [5.41, 5.74) is 2.52. The predicted octanol–water partition coefficient (Wildman–Crippen LogP) is 3.58. The van der Waals surface area contributed by atoms with E-state index in [2.05, 4.69) is 37.4 Å². The van der Waals surface area contributed by atoms with Crippen molar-refractivity contribution in [2.45, 2.75) is 39.2 Å². The molecule has 0 radical (unpaired) electrons. The van der Waals surface area contributed by atoms with Gasteiger partial charge in [0.25, 0.3) is 0 Å².